The van der Waals surface area contributed by atoms with Crippen molar-refractivity contribution in [2.45, 2.75) is 0 Å². The highest BCUT2D eigenvalue weighted by atomic mass is 19.1. The first kappa shape index (κ1) is 13.2. The van der Waals surface area contributed by atoms with Crippen molar-refractivity contribution in [1.82, 2.24) is 5.16 Å². The molecule has 0 amide bonds. The second-order valence-electron chi connectivity index (χ2n) is 4.51. The van der Waals surface area contributed by atoms with Crippen molar-refractivity contribution in [3.05, 3.63) is 54.3 Å². The molecule has 0 saturated carbocycles. The normalized spacial score (nSPS) is 10.6. The zero-order valence-electron chi connectivity index (χ0n) is 11.3. The Hall–Kier alpha value is -2.82. The van der Waals surface area contributed by atoms with E-state index in [1.54, 1.807) is 19.2 Å². The van der Waals surface area contributed by atoms with E-state index in [0.29, 0.717) is 22.6 Å². The summed E-state index contributed by atoms with van der Waals surface area (Å²) in [6.45, 7) is 0. The fourth-order valence-corrected chi connectivity index (χ4v) is 2.19. The number of methoxy groups -OCH3 is 1. The maximum atomic E-state index is 13.4. The standard InChI is InChI=1S/C16H13FN2O2/c1-20-13-7-3-5-11(9-13)15-14(16(18)19-21-15)10-4-2-6-12(17)8-10/h2-9H,1H3,(H2,18,19). The van der Waals surface area contributed by atoms with Gasteiger partial charge in [-0.05, 0) is 29.8 Å². The van der Waals surface area contributed by atoms with Gasteiger partial charge in [0.05, 0.1) is 12.7 Å². The fraction of sp³-hybridized carbons (Fsp3) is 0.0625. The molecule has 1 heterocycles. The SMILES string of the molecule is COc1cccc(-c2onc(N)c2-c2cccc(F)c2)c1. The third kappa shape index (κ3) is 2.45. The van der Waals surface area contributed by atoms with Crippen LogP contribution in [0.1, 0.15) is 0 Å². The van der Waals surface area contributed by atoms with Crippen LogP contribution in [0, 0.1) is 5.82 Å². The minimum atomic E-state index is -0.343. The number of rotatable bonds is 3. The lowest BCUT2D eigenvalue weighted by molar-refractivity contribution is 0.413. The lowest BCUT2D eigenvalue weighted by Gasteiger charge is -2.05. The van der Waals surface area contributed by atoms with Gasteiger partial charge in [-0.15, -0.1) is 0 Å². The van der Waals surface area contributed by atoms with Crippen molar-refractivity contribution in [2.75, 3.05) is 12.8 Å². The van der Waals surface area contributed by atoms with E-state index in [1.807, 2.05) is 24.3 Å². The predicted molar refractivity (Wildman–Crippen MR) is 78.3 cm³/mol. The Bertz CT molecular complexity index is 783. The molecule has 2 aromatic carbocycles. The lowest BCUT2D eigenvalue weighted by Crippen LogP contribution is -1.90. The van der Waals surface area contributed by atoms with Crippen LogP contribution in [0.5, 0.6) is 5.75 Å². The number of nitrogens with two attached hydrogens (primary N) is 1. The predicted octanol–water partition coefficient (Wildman–Crippen LogP) is 3.74. The van der Waals surface area contributed by atoms with Crippen molar-refractivity contribution in [2.24, 2.45) is 0 Å². The summed E-state index contributed by atoms with van der Waals surface area (Å²) >= 11 is 0. The number of nitrogens with zero attached hydrogens (tertiary/aromatic N) is 1. The van der Waals surface area contributed by atoms with Crippen molar-refractivity contribution in [3.63, 3.8) is 0 Å². The van der Waals surface area contributed by atoms with Crippen LogP contribution < -0.4 is 10.5 Å². The topological polar surface area (TPSA) is 61.3 Å². The second-order valence-corrected chi connectivity index (χ2v) is 4.51. The van der Waals surface area contributed by atoms with Crippen LogP contribution in [0.25, 0.3) is 22.5 Å². The molecule has 0 atom stereocenters. The van der Waals surface area contributed by atoms with Crippen molar-refractivity contribution < 1.29 is 13.7 Å². The van der Waals surface area contributed by atoms with E-state index in [9.17, 15) is 4.39 Å². The van der Waals surface area contributed by atoms with Gasteiger partial charge >= 0.3 is 0 Å². The molecular weight excluding hydrogens is 271 g/mol. The number of hydrogen-bond donors (Lipinski definition) is 1. The number of halogens is 1. The Balaban J connectivity index is 2.17. The summed E-state index contributed by atoms with van der Waals surface area (Å²) in [5.74, 6) is 1.05. The van der Waals surface area contributed by atoms with Crippen LogP contribution in [-0.2, 0) is 0 Å². The molecule has 0 aliphatic heterocycles. The van der Waals surface area contributed by atoms with Crippen molar-refractivity contribution >= 4 is 5.82 Å². The number of ether oxygens (including phenoxy) is 1. The van der Waals surface area contributed by atoms with Gasteiger partial charge in [0, 0.05) is 5.56 Å². The fourth-order valence-electron chi connectivity index (χ4n) is 2.19. The maximum absolute atomic E-state index is 13.4. The molecule has 0 saturated heterocycles. The maximum Gasteiger partial charge on any atom is 0.177 e. The highest BCUT2D eigenvalue weighted by molar-refractivity contribution is 5.86. The highest BCUT2D eigenvalue weighted by Gasteiger charge is 2.18. The first-order chi connectivity index (χ1) is 10.2. The highest BCUT2D eigenvalue weighted by Crippen LogP contribution is 2.37. The van der Waals surface area contributed by atoms with Crippen molar-refractivity contribution in [1.29, 1.82) is 0 Å². The van der Waals surface area contributed by atoms with Gasteiger partial charge in [0.15, 0.2) is 11.6 Å². The molecule has 5 heteroatoms. The van der Waals surface area contributed by atoms with Gasteiger partial charge in [-0.25, -0.2) is 4.39 Å². The Morgan fingerprint density at radius 1 is 1.10 bits per heavy atom. The van der Waals surface area contributed by atoms with E-state index in [2.05, 4.69) is 5.16 Å². The van der Waals surface area contributed by atoms with Gasteiger partial charge in [-0.2, -0.15) is 0 Å². The number of aromatic nitrogens is 1. The minimum Gasteiger partial charge on any atom is -0.497 e. The molecule has 21 heavy (non-hydrogen) atoms. The summed E-state index contributed by atoms with van der Waals surface area (Å²) < 4.78 is 23.9. The molecule has 0 aliphatic rings. The van der Waals surface area contributed by atoms with Crippen LogP contribution in [0.4, 0.5) is 10.2 Å². The summed E-state index contributed by atoms with van der Waals surface area (Å²) in [6, 6.07) is 13.5. The molecule has 0 aliphatic carbocycles. The van der Waals surface area contributed by atoms with Gasteiger partial charge in [0.1, 0.15) is 11.6 Å². The number of nitrogen functional groups attached to an aromatic ring is 1. The van der Waals surface area contributed by atoms with E-state index in [0.717, 1.165) is 5.56 Å². The molecule has 0 spiro atoms. The molecule has 0 radical (unpaired) electrons. The van der Waals surface area contributed by atoms with E-state index in [1.165, 1.54) is 12.1 Å². The molecule has 3 aromatic rings. The molecule has 0 unspecified atom stereocenters. The molecule has 0 fully saturated rings. The summed E-state index contributed by atoms with van der Waals surface area (Å²) in [5.41, 5.74) is 7.82. The van der Waals surface area contributed by atoms with Crippen LogP contribution in [0.2, 0.25) is 0 Å². The van der Waals surface area contributed by atoms with Gasteiger partial charge in [-0.3, -0.25) is 0 Å². The average molecular weight is 284 g/mol. The summed E-state index contributed by atoms with van der Waals surface area (Å²) in [6.07, 6.45) is 0. The zero-order valence-corrected chi connectivity index (χ0v) is 11.3. The summed E-state index contributed by atoms with van der Waals surface area (Å²) in [5, 5.41) is 3.79. The first-order valence-corrected chi connectivity index (χ1v) is 6.34. The van der Waals surface area contributed by atoms with Crippen molar-refractivity contribution in [3.8, 4) is 28.2 Å². The Morgan fingerprint density at radius 2 is 1.86 bits per heavy atom. The van der Waals surface area contributed by atoms with Crippen LogP contribution >= 0.6 is 0 Å². The molecule has 106 valence electrons. The zero-order chi connectivity index (χ0) is 14.8. The third-order valence-corrected chi connectivity index (χ3v) is 3.16. The van der Waals surface area contributed by atoms with Gasteiger partial charge in [-0.1, -0.05) is 29.4 Å². The van der Waals surface area contributed by atoms with Crippen LogP contribution in [0.3, 0.4) is 0 Å². The summed E-state index contributed by atoms with van der Waals surface area (Å²) in [4.78, 5) is 0. The molecular formula is C16H13FN2O2. The van der Waals surface area contributed by atoms with Gasteiger partial charge < -0.3 is 15.0 Å². The third-order valence-electron chi connectivity index (χ3n) is 3.16. The molecule has 3 rings (SSSR count). The molecule has 0 bridgehead atoms. The smallest absolute Gasteiger partial charge is 0.177 e. The quantitative estimate of drug-likeness (QED) is 0.796. The molecule has 4 nitrogen and oxygen atoms in total. The van der Waals surface area contributed by atoms with Gasteiger partial charge in [0.25, 0.3) is 0 Å². The van der Waals surface area contributed by atoms with Crippen LogP contribution in [0.15, 0.2) is 53.1 Å². The largest absolute Gasteiger partial charge is 0.497 e. The van der Waals surface area contributed by atoms with Crippen LogP contribution in [-0.4, -0.2) is 12.3 Å². The van der Waals surface area contributed by atoms with E-state index in [-0.39, 0.29) is 11.6 Å². The van der Waals surface area contributed by atoms with E-state index < -0.39 is 0 Å². The van der Waals surface area contributed by atoms with Gasteiger partial charge in [0.2, 0.25) is 0 Å². The monoisotopic (exact) mass is 284 g/mol. The Morgan fingerprint density at radius 3 is 2.62 bits per heavy atom. The molecule has 1 aromatic heterocycles. The Labute approximate surface area is 120 Å². The molecule has 2 N–H and O–H groups in total. The number of hydrogen-bond acceptors (Lipinski definition) is 4. The van der Waals surface area contributed by atoms with E-state index in [4.69, 9.17) is 15.0 Å². The first-order valence-electron chi connectivity index (χ1n) is 6.34. The number of anilines is 1. The van der Waals surface area contributed by atoms with E-state index >= 15 is 0 Å². The second kappa shape index (κ2) is 5.28. The average Bonchev–Trinajstić information content (AvgIpc) is 2.89. The number of benzene rings is 2. The lowest BCUT2D eigenvalue weighted by atomic mass is 10.0. The summed E-state index contributed by atoms with van der Waals surface area (Å²) in [7, 11) is 1.58. The Kier molecular flexibility index (Phi) is 3.31. The minimum absolute atomic E-state index is 0.221.